The Morgan fingerprint density at radius 3 is 2.56 bits per heavy atom. The second-order valence-electron chi connectivity index (χ2n) is 3.72. The summed E-state index contributed by atoms with van der Waals surface area (Å²) in [5.41, 5.74) is -1.32. The molecule has 0 fully saturated rings. The summed E-state index contributed by atoms with van der Waals surface area (Å²) in [6.07, 6.45) is -5.25. The second-order valence-corrected chi connectivity index (χ2v) is 3.72. The molecular formula is C13H12F4O. The summed E-state index contributed by atoms with van der Waals surface area (Å²) in [4.78, 5) is 0. The highest BCUT2D eigenvalue weighted by Crippen LogP contribution is 2.33. The summed E-state index contributed by atoms with van der Waals surface area (Å²) in [6.45, 7) is 1.63. The molecule has 0 spiro atoms. The van der Waals surface area contributed by atoms with Crippen molar-refractivity contribution in [2.24, 2.45) is 0 Å². The Balaban J connectivity index is 2.93. The van der Waals surface area contributed by atoms with E-state index in [4.69, 9.17) is 0 Å². The van der Waals surface area contributed by atoms with Gasteiger partial charge in [0.05, 0.1) is 11.7 Å². The van der Waals surface area contributed by atoms with Crippen LogP contribution in [-0.4, -0.2) is 5.11 Å². The Hall–Kier alpha value is -1.54. The molecule has 18 heavy (non-hydrogen) atoms. The standard InChI is InChI=1S/C13H12F4O/c1-2-3-4-5-12(18)9-6-7-11(14)10(8-9)13(15,16)17/h6-8,12,18H,4-5H2,1H3. The van der Waals surface area contributed by atoms with Crippen LogP contribution < -0.4 is 0 Å². The van der Waals surface area contributed by atoms with Crippen LogP contribution in [0.4, 0.5) is 17.6 Å². The predicted molar refractivity (Wildman–Crippen MR) is 59.0 cm³/mol. The number of hydrogen-bond acceptors (Lipinski definition) is 1. The first-order chi connectivity index (χ1) is 8.36. The molecule has 1 atom stereocenters. The van der Waals surface area contributed by atoms with Crippen molar-refractivity contribution in [3.63, 3.8) is 0 Å². The largest absolute Gasteiger partial charge is 0.419 e. The highest BCUT2D eigenvalue weighted by molar-refractivity contribution is 5.28. The highest BCUT2D eigenvalue weighted by atomic mass is 19.4. The maximum absolute atomic E-state index is 13.0. The summed E-state index contributed by atoms with van der Waals surface area (Å²) in [6, 6.07) is 2.50. The van der Waals surface area contributed by atoms with E-state index in [1.54, 1.807) is 6.92 Å². The summed E-state index contributed by atoms with van der Waals surface area (Å²) >= 11 is 0. The van der Waals surface area contributed by atoms with Crippen LogP contribution in [0.25, 0.3) is 0 Å². The molecule has 1 nitrogen and oxygen atoms in total. The molecular weight excluding hydrogens is 248 g/mol. The molecule has 0 aliphatic heterocycles. The molecule has 1 rings (SSSR count). The van der Waals surface area contributed by atoms with Crippen molar-refractivity contribution in [3.05, 3.63) is 35.1 Å². The predicted octanol–water partition coefficient (Wildman–Crippen LogP) is 3.68. The minimum atomic E-state index is -4.76. The lowest BCUT2D eigenvalue weighted by Crippen LogP contribution is -2.10. The van der Waals surface area contributed by atoms with Gasteiger partial charge in [-0.05, 0) is 31.0 Å². The number of halogens is 4. The molecule has 98 valence electrons. The van der Waals surface area contributed by atoms with Gasteiger partial charge < -0.3 is 5.11 Å². The Bertz CT molecular complexity index is 468. The van der Waals surface area contributed by atoms with Crippen LogP contribution in [0.3, 0.4) is 0 Å². The number of rotatable bonds is 3. The maximum Gasteiger partial charge on any atom is 0.419 e. The first-order valence-corrected chi connectivity index (χ1v) is 5.30. The van der Waals surface area contributed by atoms with Crippen molar-refractivity contribution in [2.75, 3.05) is 0 Å². The lowest BCUT2D eigenvalue weighted by Gasteiger charge is -2.13. The zero-order chi connectivity index (χ0) is 13.8. The number of aliphatic hydroxyl groups is 1. The summed E-state index contributed by atoms with van der Waals surface area (Å²) < 4.78 is 50.4. The Labute approximate surface area is 102 Å². The average molecular weight is 260 g/mol. The van der Waals surface area contributed by atoms with Crippen molar-refractivity contribution in [3.8, 4) is 11.8 Å². The quantitative estimate of drug-likeness (QED) is 0.649. The van der Waals surface area contributed by atoms with Crippen molar-refractivity contribution in [2.45, 2.75) is 32.0 Å². The molecule has 0 heterocycles. The average Bonchev–Trinajstić information content (AvgIpc) is 2.28. The normalized spacial score (nSPS) is 12.8. The third kappa shape index (κ3) is 3.74. The number of benzene rings is 1. The van der Waals surface area contributed by atoms with E-state index >= 15 is 0 Å². The number of hydrogen-bond donors (Lipinski definition) is 1. The Kier molecular flexibility index (Phi) is 4.74. The van der Waals surface area contributed by atoms with Gasteiger partial charge in [-0.15, -0.1) is 11.8 Å². The van der Waals surface area contributed by atoms with Gasteiger partial charge in [0.25, 0.3) is 0 Å². The highest BCUT2D eigenvalue weighted by Gasteiger charge is 2.34. The van der Waals surface area contributed by atoms with E-state index < -0.39 is 23.7 Å². The molecule has 0 saturated carbocycles. The zero-order valence-electron chi connectivity index (χ0n) is 9.68. The topological polar surface area (TPSA) is 20.2 Å². The minimum absolute atomic E-state index is 0.0432. The SMILES string of the molecule is CC#CCCC(O)c1ccc(F)c(C(F)(F)F)c1. The molecule has 0 aromatic heterocycles. The third-order valence-corrected chi connectivity index (χ3v) is 2.40. The molecule has 5 heteroatoms. The zero-order valence-corrected chi connectivity index (χ0v) is 9.68. The molecule has 1 aromatic rings. The van der Waals surface area contributed by atoms with Gasteiger partial charge in [-0.2, -0.15) is 13.2 Å². The van der Waals surface area contributed by atoms with Crippen molar-refractivity contribution in [1.82, 2.24) is 0 Å². The Morgan fingerprint density at radius 1 is 1.33 bits per heavy atom. The fourth-order valence-electron chi connectivity index (χ4n) is 1.47. The fourth-order valence-corrected chi connectivity index (χ4v) is 1.47. The maximum atomic E-state index is 13.0. The van der Waals surface area contributed by atoms with Gasteiger partial charge in [-0.25, -0.2) is 4.39 Å². The van der Waals surface area contributed by atoms with Crippen LogP contribution in [0.1, 0.15) is 37.0 Å². The summed E-state index contributed by atoms with van der Waals surface area (Å²) in [5, 5.41) is 9.67. The minimum Gasteiger partial charge on any atom is -0.388 e. The van der Waals surface area contributed by atoms with Gasteiger partial charge in [-0.1, -0.05) is 6.07 Å². The van der Waals surface area contributed by atoms with Crippen molar-refractivity contribution in [1.29, 1.82) is 0 Å². The van der Waals surface area contributed by atoms with Crippen LogP contribution in [0.5, 0.6) is 0 Å². The third-order valence-electron chi connectivity index (χ3n) is 2.40. The first kappa shape index (κ1) is 14.5. The lowest BCUT2D eigenvalue weighted by atomic mass is 10.0. The number of alkyl halides is 3. The second kappa shape index (κ2) is 5.87. The van der Waals surface area contributed by atoms with E-state index in [-0.39, 0.29) is 12.0 Å². The van der Waals surface area contributed by atoms with E-state index in [0.29, 0.717) is 18.6 Å². The van der Waals surface area contributed by atoms with E-state index in [0.717, 1.165) is 6.07 Å². The van der Waals surface area contributed by atoms with Gasteiger partial charge in [0.15, 0.2) is 0 Å². The van der Waals surface area contributed by atoms with Crippen LogP contribution >= 0.6 is 0 Å². The van der Waals surface area contributed by atoms with E-state index in [2.05, 4.69) is 11.8 Å². The van der Waals surface area contributed by atoms with Gasteiger partial charge in [0, 0.05) is 6.42 Å². The van der Waals surface area contributed by atoms with Crippen LogP contribution in [0, 0.1) is 17.7 Å². The molecule has 1 unspecified atom stereocenters. The molecule has 0 bridgehead atoms. The van der Waals surface area contributed by atoms with E-state index in [1.807, 2.05) is 0 Å². The molecule has 0 aliphatic rings. The molecule has 0 aliphatic carbocycles. The van der Waals surface area contributed by atoms with Crippen LogP contribution in [0.15, 0.2) is 18.2 Å². The molecule has 0 saturated heterocycles. The molecule has 1 N–H and O–H groups in total. The molecule has 0 amide bonds. The van der Waals surface area contributed by atoms with Gasteiger partial charge in [0.2, 0.25) is 0 Å². The van der Waals surface area contributed by atoms with Crippen LogP contribution in [0.2, 0.25) is 0 Å². The van der Waals surface area contributed by atoms with E-state index in [9.17, 15) is 22.7 Å². The Morgan fingerprint density at radius 2 is 2.00 bits per heavy atom. The van der Waals surface area contributed by atoms with Gasteiger partial charge in [-0.3, -0.25) is 0 Å². The van der Waals surface area contributed by atoms with Gasteiger partial charge >= 0.3 is 6.18 Å². The molecule has 0 radical (unpaired) electrons. The molecule has 1 aromatic carbocycles. The summed E-state index contributed by atoms with van der Waals surface area (Å²) in [5.74, 6) is 3.98. The van der Waals surface area contributed by atoms with Crippen molar-refractivity contribution >= 4 is 0 Å². The van der Waals surface area contributed by atoms with E-state index in [1.165, 1.54) is 0 Å². The van der Waals surface area contributed by atoms with Crippen LogP contribution in [-0.2, 0) is 6.18 Å². The van der Waals surface area contributed by atoms with Crippen molar-refractivity contribution < 1.29 is 22.7 Å². The summed E-state index contributed by atoms with van der Waals surface area (Å²) in [7, 11) is 0. The number of aliphatic hydroxyl groups excluding tert-OH is 1. The smallest absolute Gasteiger partial charge is 0.388 e. The van der Waals surface area contributed by atoms with Gasteiger partial charge in [0.1, 0.15) is 5.82 Å². The monoisotopic (exact) mass is 260 g/mol. The lowest BCUT2D eigenvalue weighted by molar-refractivity contribution is -0.140. The fraction of sp³-hybridized carbons (Fsp3) is 0.385. The first-order valence-electron chi connectivity index (χ1n) is 5.30.